The average molecular weight is 298 g/mol. The number of hydrogen-bond donors (Lipinski definition) is 1. The van der Waals surface area contributed by atoms with Crippen molar-refractivity contribution in [3.63, 3.8) is 0 Å². The van der Waals surface area contributed by atoms with Gasteiger partial charge in [-0.3, -0.25) is 19.2 Å². The average Bonchev–Trinajstić information content (AvgIpc) is 2.62. The highest BCUT2D eigenvalue weighted by atomic mass is 35.5. The first kappa shape index (κ1) is 19.6. The van der Waals surface area contributed by atoms with Crippen molar-refractivity contribution < 1.29 is 28.9 Å². The van der Waals surface area contributed by atoms with Gasteiger partial charge in [0.1, 0.15) is 0 Å². The van der Waals surface area contributed by atoms with Gasteiger partial charge in [-0.15, -0.1) is 17.5 Å². The number of nitrogens with two attached hydrogens (primary N) is 1. The second kappa shape index (κ2) is 10.2. The van der Waals surface area contributed by atoms with Gasteiger partial charge in [0.25, 0.3) is 11.8 Å². The molecule has 0 unspecified atom stereocenters. The van der Waals surface area contributed by atoms with Crippen molar-refractivity contribution in [2.75, 3.05) is 20.7 Å². The number of carbonyl (C=O) groups is 4. The third kappa shape index (κ3) is 8.08. The van der Waals surface area contributed by atoms with Gasteiger partial charge in [-0.1, -0.05) is 0 Å². The fourth-order valence-electron chi connectivity index (χ4n) is 0.854. The van der Waals surface area contributed by atoms with E-state index in [1.807, 2.05) is 0 Å². The summed E-state index contributed by atoms with van der Waals surface area (Å²) in [6.45, 7) is -0.503. The Labute approximate surface area is 115 Å². The van der Waals surface area contributed by atoms with Crippen molar-refractivity contribution in [1.82, 2.24) is 9.96 Å². The van der Waals surface area contributed by atoms with Crippen molar-refractivity contribution in [1.29, 1.82) is 0 Å². The van der Waals surface area contributed by atoms with Gasteiger partial charge in [-0.2, -0.15) is 0 Å². The normalized spacial score (nSPS) is 13.1. The maximum absolute atomic E-state index is 10.9. The summed E-state index contributed by atoms with van der Waals surface area (Å²) in [7, 11) is 3.38. The van der Waals surface area contributed by atoms with Gasteiger partial charge < -0.3 is 9.74 Å². The minimum atomic E-state index is -0.883. The summed E-state index contributed by atoms with van der Waals surface area (Å²) in [5, 5.41) is 0.432. The lowest BCUT2D eigenvalue weighted by Crippen LogP contribution is -2.33. The van der Waals surface area contributed by atoms with E-state index in [0.29, 0.717) is 5.06 Å². The van der Waals surface area contributed by atoms with Crippen molar-refractivity contribution in [2.45, 2.75) is 12.8 Å². The van der Waals surface area contributed by atoms with Crippen LogP contribution >= 0.6 is 12.4 Å². The SMILES string of the molecule is CN(C)C=O.Cl.NOCC(=O)ON1C(=O)CCC1=O. The van der Waals surface area contributed by atoms with Crippen LogP contribution in [0.15, 0.2) is 0 Å². The number of rotatable bonds is 4. The zero-order valence-corrected chi connectivity index (χ0v) is 11.3. The molecule has 3 amide bonds. The van der Waals surface area contributed by atoms with E-state index in [-0.39, 0.29) is 25.2 Å². The van der Waals surface area contributed by atoms with Crippen LogP contribution in [0.4, 0.5) is 0 Å². The molecule has 19 heavy (non-hydrogen) atoms. The smallest absolute Gasteiger partial charge is 0.351 e. The number of nitrogens with zero attached hydrogens (tertiary/aromatic N) is 2. The van der Waals surface area contributed by atoms with Crippen LogP contribution in [-0.2, 0) is 28.9 Å². The van der Waals surface area contributed by atoms with Gasteiger partial charge in [0, 0.05) is 26.9 Å². The van der Waals surface area contributed by atoms with Crippen molar-refractivity contribution in [3.8, 4) is 0 Å². The molecule has 0 saturated carbocycles. The standard InChI is InChI=1S/C6H8N2O5.C3H7NO.ClH/c7-12-3-6(11)13-8-4(9)1-2-5(8)10;1-4(2)3-5;/h1-3,7H2;3H,1-2H3;1H. The molecule has 0 aromatic heterocycles. The Morgan fingerprint density at radius 3 is 2.11 bits per heavy atom. The van der Waals surface area contributed by atoms with Crippen LogP contribution in [0, 0.1) is 0 Å². The third-order valence-electron chi connectivity index (χ3n) is 1.61. The van der Waals surface area contributed by atoms with Crippen LogP contribution < -0.4 is 5.90 Å². The highest BCUT2D eigenvalue weighted by Crippen LogP contribution is 2.11. The van der Waals surface area contributed by atoms with Gasteiger partial charge >= 0.3 is 5.97 Å². The molecule has 0 bridgehead atoms. The first-order valence-electron chi connectivity index (χ1n) is 4.92. The van der Waals surface area contributed by atoms with E-state index in [4.69, 9.17) is 0 Å². The Bertz CT molecular complexity index is 320. The Morgan fingerprint density at radius 2 is 1.79 bits per heavy atom. The van der Waals surface area contributed by atoms with Crippen LogP contribution in [0.5, 0.6) is 0 Å². The van der Waals surface area contributed by atoms with Gasteiger partial charge in [0.2, 0.25) is 6.41 Å². The summed E-state index contributed by atoms with van der Waals surface area (Å²) in [4.78, 5) is 51.7. The van der Waals surface area contributed by atoms with Gasteiger partial charge in [0.05, 0.1) is 0 Å². The fraction of sp³-hybridized carbons (Fsp3) is 0.556. The largest absolute Gasteiger partial charge is 0.360 e. The van der Waals surface area contributed by atoms with Crippen LogP contribution in [-0.4, -0.2) is 54.9 Å². The third-order valence-corrected chi connectivity index (χ3v) is 1.61. The summed E-state index contributed by atoms with van der Waals surface area (Å²) >= 11 is 0. The number of hydrogen-bond acceptors (Lipinski definition) is 7. The first-order valence-corrected chi connectivity index (χ1v) is 4.92. The molecule has 110 valence electrons. The Hall–Kier alpha value is -1.71. The second-order valence-electron chi connectivity index (χ2n) is 3.43. The highest BCUT2D eigenvalue weighted by Gasteiger charge is 2.32. The summed E-state index contributed by atoms with van der Waals surface area (Å²) in [6.07, 6.45) is 0.880. The lowest BCUT2D eigenvalue weighted by molar-refractivity contribution is -0.200. The molecule has 1 heterocycles. The zero-order valence-electron chi connectivity index (χ0n) is 10.5. The molecule has 9 nitrogen and oxygen atoms in total. The van der Waals surface area contributed by atoms with Crippen LogP contribution in [0.2, 0.25) is 0 Å². The Morgan fingerprint density at radius 1 is 1.37 bits per heavy atom. The van der Waals surface area contributed by atoms with Crippen molar-refractivity contribution in [3.05, 3.63) is 0 Å². The molecule has 2 N–H and O–H groups in total. The van der Waals surface area contributed by atoms with E-state index in [0.717, 1.165) is 6.41 Å². The second-order valence-corrected chi connectivity index (χ2v) is 3.43. The van der Waals surface area contributed by atoms with Crippen molar-refractivity contribution in [2.24, 2.45) is 5.90 Å². The monoisotopic (exact) mass is 297 g/mol. The number of imide groups is 1. The summed E-state index contributed by atoms with van der Waals surface area (Å²) in [6, 6.07) is 0. The van der Waals surface area contributed by atoms with Crippen LogP contribution in [0.25, 0.3) is 0 Å². The quantitative estimate of drug-likeness (QED) is 0.385. The lowest BCUT2D eigenvalue weighted by Gasteiger charge is -2.11. The van der Waals surface area contributed by atoms with Gasteiger partial charge in [-0.25, -0.2) is 10.7 Å². The predicted molar refractivity (Wildman–Crippen MR) is 64.3 cm³/mol. The van der Waals surface area contributed by atoms with E-state index >= 15 is 0 Å². The maximum Gasteiger partial charge on any atom is 0.360 e. The van der Waals surface area contributed by atoms with Crippen molar-refractivity contribution >= 4 is 36.6 Å². The molecule has 1 aliphatic rings. The molecule has 0 aromatic carbocycles. The number of amides is 3. The Balaban J connectivity index is 0. The molecule has 0 spiro atoms. The van der Waals surface area contributed by atoms with E-state index < -0.39 is 24.4 Å². The zero-order chi connectivity index (χ0) is 14.1. The number of carbonyl (C=O) groups excluding carboxylic acids is 4. The van der Waals surface area contributed by atoms with E-state index in [9.17, 15) is 19.2 Å². The summed E-state index contributed by atoms with van der Waals surface area (Å²) in [5.41, 5.74) is 0. The molecule has 0 aromatic rings. The molecular weight excluding hydrogens is 282 g/mol. The minimum Gasteiger partial charge on any atom is -0.351 e. The highest BCUT2D eigenvalue weighted by molar-refractivity contribution is 6.01. The predicted octanol–water partition coefficient (Wildman–Crippen LogP) is -1.39. The van der Waals surface area contributed by atoms with E-state index in [1.165, 1.54) is 4.90 Å². The molecule has 1 saturated heterocycles. The summed E-state index contributed by atoms with van der Waals surface area (Å²) < 4.78 is 0. The Kier molecular flexibility index (Phi) is 10.6. The first-order chi connectivity index (χ1) is 8.42. The minimum absolute atomic E-state index is 0. The summed E-state index contributed by atoms with van der Waals surface area (Å²) in [5.74, 6) is 2.64. The molecule has 1 fully saturated rings. The number of halogens is 1. The van der Waals surface area contributed by atoms with Gasteiger partial charge in [-0.05, 0) is 0 Å². The molecule has 1 aliphatic heterocycles. The van der Waals surface area contributed by atoms with Gasteiger partial charge in [0.15, 0.2) is 6.61 Å². The molecule has 10 heteroatoms. The molecule has 0 radical (unpaired) electrons. The topological polar surface area (TPSA) is 119 Å². The van der Waals surface area contributed by atoms with E-state index in [1.54, 1.807) is 14.1 Å². The maximum atomic E-state index is 10.9. The fourth-order valence-corrected chi connectivity index (χ4v) is 0.854. The lowest BCUT2D eigenvalue weighted by atomic mass is 10.4. The van der Waals surface area contributed by atoms with Crippen LogP contribution in [0.3, 0.4) is 0 Å². The number of hydroxylamine groups is 2. The van der Waals surface area contributed by atoms with Crippen LogP contribution in [0.1, 0.15) is 12.8 Å². The molecule has 0 atom stereocenters. The molecular formula is C9H16ClN3O6. The molecule has 0 aliphatic carbocycles. The van der Waals surface area contributed by atoms with E-state index in [2.05, 4.69) is 15.6 Å². The molecule has 1 rings (SSSR count).